The van der Waals surface area contributed by atoms with Gasteiger partial charge in [0.15, 0.2) is 5.17 Å². The number of benzene rings is 1. The Hall–Kier alpha value is -2.06. The van der Waals surface area contributed by atoms with E-state index in [1.807, 2.05) is 34.1 Å². The van der Waals surface area contributed by atoms with Crippen molar-refractivity contribution < 1.29 is 14.3 Å². The molecule has 4 rings (SSSR count). The Labute approximate surface area is 175 Å². The van der Waals surface area contributed by atoms with Gasteiger partial charge in [-0.3, -0.25) is 14.6 Å². The summed E-state index contributed by atoms with van der Waals surface area (Å²) in [5.41, 5.74) is 7.32. The summed E-state index contributed by atoms with van der Waals surface area (Å²) in [6.07, 6.45) is 2.38. The summed E-state index contributed by atoms with van der Waals surface area (Å²) < 4.78 is 5.50. The van der Waals surface area contributed by atoms with E-state index in [4.69, 9.17) is 10.5 Å². The first-order chi connectivity index (χ1) is 14.0. The van der Waals surface area contributed by atoms with Crippen LogP contribution in [-0.4, -0.2) is 71.4 Å². The smallest absolute Gasteiger partial charge is 0.253 e. The minimum Gasteiger partial charge on any atom is -0.379 e. The highest BCUT2D eigenvalue weighted by atomic mass is 32.2. The zero-order valence-corrected chi connectivity index (χ0v) is 17.6. The van der Waals surface area contributed by atoms with Crippen LogP contribution in [0.5, 0.6) is 0 Å². The van der Waals surface area contributed by atoms with Crippen molar-refractivity contribution in [3.63, 3.8) is 0 Å². The molecule has 3 aliphatic heterocycles. The number of thioether (sulfide) groups is 1. The molecule has 0 aliphatic carbocycles. The van der Waals surface area contributed by atoms with Crippen LogP contribution in [0.1, 0.15) is 42.1 Å². The number of carbonyl (C=O) groups is 2. The van der Waals surface area contributed by atoms with Crippen molar-refractivity contribution in [1.82, 2.24) is 9.80 Å². The molecule has 0 aromatic heterocycles. The lowest BCUT2D eigenvalue weighted by atomic mass is 9.89. The molecule has 2 unspecified atom stereocenters. The number of nitrogens with zero attached hydrogens (tertiary/aromatic N) is 3. The summed E-state index contributed by atoms with van der Waals surface area (Å²) in [4.78, 5) is 33.6. The number of ether oxygens (including phenoxy) is 1. The predicted octanol–water partition coefficient (Wildman–Crippen LogP) is 1.82. The van der Waals surface area contributed by atoms with E-state index in [1.165, 1.54) is 0 Å². The Morgan fingerprint density at radius 2 is 1.86 bits per heavy atom. The van der Waals surface area contributed by atoms with Gasteiger partial charge in [-0.1, -0.05) is 23.9 Å². The standard InChI is InChI=1S/C21H28N4O3S/c1-21(8-14-29-20(22)23-21)16-6-4-15(5-7-16)18(26)24-9-11-25(12-10-24)19(27)17-3-2-13-28-17/h4-7,17H,2-3,8-14H2,1H3,(H2,22,23). The summed E-state index contributed by atoms with van der Waals surface area (Å²) >= 11 is 1.58. The van der Waals surface area contributed by atoms with Gasteiger partial charge in [-0.05, 0) is 43.9 Å². The quantitative estimate of drug-likeness (QED) is 0.812. The van der Waals surface area contributed by atoms with E-state index in [0.717, 1.165) is 30.6 Å². The summed E-state index contributed by atoms with van der Waals surface area (Å²) in [5, 5.41) is 0.620. The van der Waals surface area contributed by atoms with Crippen LogP contribution < -0.4 is 5.73 Å². The molecule has 0 spiro atoms. The molecule has 2 N–H and O–H groups in total. The largest absolute Gasteiger partial charge is 0.379 e. The molecule has 0 bridgehead atoms. The van der Waals surface area contributed by atoms with Crippen LogP contribution in [0.25, 0.3) is 0 Å². The molecule has 156 valence electrons. The first-order valence-electron chi connectivity index (χ1n) is 10.2. The van der Waals surface area contributed by atoms with Gasteiger partial charge >= 0.3 is 0 Å². The number of amidine groups is 1. The van der Waals surface area contributed by atoms with Crippen molar-refractivity contribution in [3.05, 3.63) is 35.4 Å². The predicted molar refractivity (Wildman–Crippen MR) is 114 cm³/mol. The number of hydrogen-bond acceptors (Lipinski definition) is 6. The average molecular weight is 417 g/mol. The molecule has 2 atom stereocenters. The van der Waals surface area contributed by atoms with Gasteiger partial charge in [-0.25, -0.2) is 0 Å². The fourth-order valence-corrected chi connectivity index (χ4v) is 5.13. The van der Waals surface area contributed by atoms with Crippen molar-refractivity contribution >= 4 is 28.7 Å². The first-order valence-corrected chi connectivity index (χ1v) is 11.2. The normalized spacial score (nSPS) is 27.6. The Morgan fingerprint density at radius 1 is 1.17 bits per heavy atom. The first kappa shape index (κ1) is 20.2. The molecule has 7 nitrogen and oxygen atoms in total. The lowest BCUT2D eigenvalue weighted by Crippen LogP contribution is -2.52. The molecule has 2 fully saturated rings. The van der Waals surface area contributed by atoms with E-state index in [-0.39, 0.29) is 23.5 Å². The maximum atomic E-state index is 12.9. The van der Waals surface area contributed by atoms with Gasteiger partial charge in [0.05, 0.1) is 5.54 Å². The van der Waals surface area contributed by atoms with Gasteiger partial charge in [-0.2, -0.15) is 0 Å². The van der Waals surface area contributed by atoms with Gasteiger partial charge in [0.25, 0.3) is 11.8 Å². The van der Waals surface area contributed by atoms with Crippen LogP contribution in [0, 0.1) is 0 Å². The molecule has 3 aliphatic rings. The van der Waals surface area contributed by atoms with E-state index in [0.29, 0.717) is 43.5 Å². The van der Waals surface area contributed by atoms with Crippen LogP contribution in [0.2, 0.25) is 0 Å². The average Bonchev–Trinajstić information content (AvgIpc) is 3.28. The molecule has 1 aromatic rings. The topological polar surface area (TPSA) is 88.2 Å². The fraction of sp³-hybridized carbons (Fsp3) is 0.571. The number of hydrogen-bond donors (Lipinski definition) is 1. The van der Waals surface area contributed by atoms with Gasteiger partial charge in [0, 0.05) is 44.1 Å². The van der Waals surface area contributed by atoms with Crippen molar-refractivity contribution in [2.24, 2.45) is 10.7 Å². The zero-order valence-electron chi connectivity index (χ0n) is 16.8. The number of amides is 2. The maximum absolute atomic E-state index is 12.9. The van der Waals surface area contributed by atoms with E-state index in [1.54, 1.807) is 11.8 Å². The molecular formula is C21H28N4O3S. The van der Waals surface area contributed by atoms with Crippen molar-refractivity contribution in [2.45, 2.75) is 37.8 Å². The highest BCUT2D eigenvalue weighted by molar-refractivity contribution is 8.13. The second-order valence-corrected chi connectivity index (χ2v) is 9.13. The zero-order chi connectivity index (χ0) is 20.4. The van der Waals surface area contributed by atoms with Gasteiger partial charge in [0.1, 0.15) is 6.10 Å². The SMILES string of the molecule is CC1(c2ccc(C(=O)N3CCN(C(=O)C4CCCO4)CC3)cc2)CCSC(N)=N1. The Bertz CT molecular complexity index is 799. The summed E-state index contributed by atoms with van der Waals surface area (Å²) in [6, 6.07) is 7.72. The molecule has 29 heavy (non-hydrogen) atoms. The molecule has 3 heterocycles. The third-order valence-electron chi connectivity index (χ3n) is 6.03. The Morgan fingerprint density at radius 3 is 2.48 bits per heavy atom. The van der Waals surface area contributed by atoms with Crippen molar-refractivity contribution in [1.29, 1.82) is 0 Å². The Balaban J connectivity index is 1.37. The highest BCUT2D eigenvalue weighted by Crippen LogP contribution is 2.35. The molecule has 2 saturated heterocycles. The van der Waals surface area contributed by atoms with Crippen LogP contribution in [0.3, 0.4) is 0 Å². The van der Waals surface area contributed by atoms with E-state index >= 15 is 0 Å². The third-order valence-corrected chi connectivity index (χ3v) is 6.83. The fourth-order valence-electron chi connectivity index (χ4n) is 4.16. The number of piperazine rings is 1. The van der Waals surface area contributed by atoms with Gasteiger partial charge < -0.3 is 20.3 Å². The Kier molecular flexibility index (Phi) is 5.83. The van der Waals surface area contributed by atoms with Gasteiger partial charge in [-0.15, -0.1) is 0 Å². The molecule has 2 amide bonds. The van der Waals surface area contributed by atoms with E-state index in [2.05, 4.69) is 11.9 Å². The second kappa shape index (κ2) is 8.36. The number of carbonyl (C=O) groups excluding carboxylic acids is 2. The van der Waals surface area contributed by atoms with Crippen LogP contribution in [0.15, 0.2) is 29.3 Å². The molecular weight excluding hydrogens is 388 g/mol. The minimum absolute atomic E-state index is 0.00753. The molecule has 1 aromatic carbocycles. The van der Waals surface area contributed by atoms with Crippen molar-refractivity contribution in [2.75, 3.05) is 38.5 Å². The van der Waals surface area contributed by atoms with E-state index in [9.17, 15) is 9.59 Å². The monoisotopic (exact) mass is 416 g/mol. The highest BCUT2D eigenvalue weighted by Gasteiger charge is 2.32. The van der Waals surface area contributed by atoms with E-state index < -0.39 is 0 Å². The maximum Gasteiger partial charge on any atom is 0.253 e. The molecule has 8 heteroatoms. The second-order valence-electron chi connectivity index (χ2n) is 8.02. The summed E-state index contributed by atoms with van der Waals surface area (Å²) in [7, 11) is 0. The number of rotatable bonds is 3. The van der Waals surface area contributed by atoms with Gasteiger partial charge in [0.2, 0.25) is 0 Å². The lowest BCUT2D eigenvalue weighted by molar-refractivity contribution is -0.142. The minimum atomic E-state index is -0.328. The van der Waals surface area contributed by atoms with Crippen molar-refractivity contribution in [3.8, 4) is 0 Å². The molecule has 0 saturated carbocycles. The summed E-state index contributed by atoms with van der Waals surface area (Å²) in [5.74, 6) is 1.02. The lowest BCUT2D eigenvalue weighted by Gasteiger charge is -2.36. The third kappa shape index (κ3) is 4.28. The number of nitrogens with two attached hydrogens (primary N) is 1. The molecule has 0 radical (unpaired) electrons. The van der Waals surface area contributed by atoms with Crippen LogP contribution in [0.4, 0.5) is 0 Å². The van der Waals surface area contributed by atoms with Crippen LogP contribution >= 0.6 is 11.8 Å². The van der Waals surface area contributed by atoms with Crippen LogP contribution in [-0.2, 0) is 15.1 Å². The summed E-state index contributed by atoms with van der Waals surface area (Å²) in [6.45, 7) is 4.98. The number of aliphatic imine (C=N–C) groups is 1.